The normalized spacial score (nSPS) is 13.0. The van der Waals surface area contributed by atoms with E-state index in [-0.39, 0.29) is 49.8 Å². The van der Waals surface area contributed by atoms with Gasteiger partial charge in [0, 0.05) is 37.0 Å². The highest BCUT2D eigenvalue weighted by atomic mass is 31.2. The number of likely N-dealkylation sites (N-methyl/N-ethyl adjacent to an activating group) is 1. The van der Waals surface area contributed by atoms with Crippen LogP contribution in [0.3, 0.4) is 0 Å². The van der Waals surface area contributed by atoms with Crippen LogP contribution in [0.15, 0.2) is 48.1 Å². The fraction of sp³-hybridized carbons (Fsp3) is 0.556. The number of carbonyl (C=O) groups excluding carboxylic acids is 6. The average molecular weight is 753 g/mol. The number of nitrogens with one attached hydrogen (secondary N) is 4. The second-order valence-corrected chi connectivity index (χ2v) is 12.9. The van der Waals surface area contributed by atoms with E-state index in [0.29, 0.717) is 37.7 Å². The lowest BCUT2D eigenvalue weighted by Crippen LogP contribution is -2.46. The van der Waals surface area contributed by atoms with E-state index in [4.69, 9.17) is 14.4 Å². The number of anilines is 1. The summed E-state index contributed by atoms with van der Waals surface area (Å²) >= 11 is 0. The highest BCUT2D eigenvalue weighted by molar-refractivity contribution is 7.46. The van der Waals surface area contributed by atoms with E-state index < -0.39 is 14.4 Å². The number of amides is 5. The highest BCUT2D eigenvalue weighted by Crippen LogP contribution is 2.33. The molecule has 8 N–H and O–H groups in total. The van der Waals surface area contributed by atoms with Crippen molar-refractivity contribution >= 4 is 50.4 Å². The SMILES string of the molecule is CCC.CNCCCC(NC(=O)CNC)C(=O)Nc1ccc(COP(O)CC/C=C(\C)CO)cc1.NC=O.O=CCCCCCN1C(=O)C=CC1=O. The van der Waals surface area contributed by atoms with E-state index in [9.17, 15) is 28.9 Å². The van der Waals surface area contributed by atoms with E-state index in [1.165, 1.54) is 23.5 Å². The van der Waals surface area contributed by atoms with Crippen molar-refractivity contribution in [3.05, 3.63) is 53.6 Å². The summed E-state index contributed by atoms with van der Waals surface area (Å²) in [5.41, 5.74) is 6.53. The maximum Gasteiger partial charge on any atom is 0.253 e. The largest absolute Gasteiger partial charge is 0.392 e. The van der Waals surface area contributed by atoms with Crippen molar-refractivity contribution in [3.8, 4) is 0 Å². The number of nitrogens with zero attached hydrogens (tertiary/aromatic N) is 1. The van der Waals surface area contributed by atoms with Crippen LogP contribution in [0.1, 0.15) is 77.7 Å². The van der Waals surface area contributed by atoms with Gasteiger partial charge in [-0.05, 0) is 77.4 Å². The third-order valence-corrected chi connectivity index (χ3v) is 7.75. The Morgan fingerprint density at radius 3 is 2.13 bits per heavy atom. The second kappa shape index (κ2) is 34.2. The Kier molecular flexibility index (Phi) is 33.1. The van der Waals surface area contributed by atoms with Gasteiger partial charge >= 0.3 is 0 Å². The van der Waals surface area contributed by atoms with E-state index in [2.05, 4.69) is 40.8 Å². The molecular formula is C36H61N6O9P. The Balaban J connectivity index is 0. The number of benzene rings is 1. The Bertz CT molecular complexity index is 1200. The van der Waals surface area contributed by atoms with Crippen molar-refractivity contribution in [3.63, 3.8) is 0 Å². The summed E-state index contributed by atoms with van der Waals surface area (Å²) in [6.45, 7) is 7.74. The molecular weight excluding hydrogens is 691 g/mol. The number of unbranched alkanes of at least 4 members (excludes halogenated alkanes) is 3. The minimum atomic E-state index is -1.54. The lowest BCUT2D eigenvalue weighted by atomic mass is 10.1. The molecule has 16 heteroatoms. The molecule has 0 saturated carbocycles. The quantitative estimate of drug-likeness (QED) is 0.0299. The van der Waals surface area contributed by atoms with Gasteiger partial charge in [0.05, 0.1) is 19.8 Å². The number of primary amides is 1. The first-order valence-corrected chi connectivity index (χ1v) is 18.8. The van der Waals surface area contributed by atoms with Gasteiger partial charge in [0.25, 0.3) is 11.8 Å². The van der Waals surface area contributed by atoms with Gasteiger partial charge in [-0.25, -0.2) is 0 Å². The number of rotatable bonds is 22. The van der Waals surface area contributed by atoms with E-state index in [0.717, 1.165) is 49.7 Å². The predicted molar refractivity (Wildman–Crippen MR) is 205 cm³/mol. The molecule has 1 aromatic rings. The lowest BCUT2D eigenvalue weighted by Gasteiger charge is -2.18. The molecule has 0 aliphatic carbocycles. The molecule has 5 amide bonds. The molecule has 294 valence electrons. The van der Waals surface area contributed by atoms with Crippen molar-refractivity contribution in [2.75, 3.05) is 51.8 Å². The average Bonchev–Trinajstić information content (AvgIpc) is 3.44. The van der Waals surface area contributed by atoms with Crippen LogP contribution in [0.5, 0.6) is 0 Å². The van der Waals surface area contributed by atoms with Crippen molar-refractivity contribution < 1.29 is 43.3 Å². The van der Waals surface area contributed by atoms with Crippen molar-refractivity contribution in [2.24, 2.45) is 5.73 Å². The Morgan fingerprint density at radius 1 is 0.981 bits per heavy atom. The lowest BCUT2D eigenvalue weighted by molar-refractivity contribution is -0.137. The molecule has 1 aromatic carbocycles. The summed E-state index contributed by atoms with van der Waals surface area (Å²) in [5.74, 6) is -0.956. The van der Waals surface area contributed by atoms with Gasteiger partial charge in [-0.2, -0.15) is 0 Å². The van der Waals surface area contributed by atoms with Crippen LogP contribution in [0.4, 0.5) is 5.69 Å². The zero-order chi connectivity index (χ0) is 39.6. The number of hydrogen-bond donors (Lipinski definition) is 7. The van der Waals surface area contributed by atoms with Crippen LogP contribution < -0.4 is 27.0 Å². The van der Waals surface area contributed by atoms with Crippen LogP contribution >= 0.6 is 8.38 Å². The smallest absolute Gasteiger partial charge is 0.253 e. The molecule has 1 aliphatic heterocycles. The minimum absolute atomic E-state index is 0.0200. The number of hydrogen-bond acceptors (Lipinski definition) is 11. The van der Waals surface area contributed by atoms with Crippen LogP contribution in [-0.2, 0) is 39.9 Å². The van der Waals surface area contributed by atoms with Crippen LogP contribution in [-0.4, -0.2) is 104 Å². The number of nitrogens with two attached hydrogens (primary N) is 1. The summed E-state index contributed by atoms with van der Waals surface area (Å²) in [4.78, 5) is 76.5. The summed E-state index contributed by atoms with van der Waals surface area (Å²) in [6, 6.07) is 6.57. The van der Waals surface area contributed by atoms with Crippen molar-refractivity contribution in [1.82, 2.24) is 20.9 Å². The molecule has 0 bridgehead atoms. The molecule has 1 heterocycles. The molecule has 15 nitrogen and oxygen atoms in total. The van der Waals surface area contributed by atoms with Crippen LogP contribution in [0, 0.1) is 0 Å². The van der Waals surface area contributed by atoms with Gasteiger partial charge < -0.3 is 46.3 Å². The molecule has 52 heavy (non-hydrogen) atoms. The zero-order valence-electron chi connectivity index (χ0n) is 31.4. The second-order valence-electron chi connectivity index (χ2n) is 11.4. The number of aldehydes is 1. The van der Waals surface area contributed by atoms with E-state index in [1.807, 2.05) is 32.2 Å². The number of aliphatic hydroxyl groups excluding tert-OH is 1. The summed E-state index contributed by atoms with van der Waals surface area (Å²) < 4.78 is 5.51. The standard InChI is InChI=1S/C22H37N4O5P.C10H13NO3.C3H8.CH3NO/c1-17(15-27)6-5-13-32(30)31-16-18-8-10-19(11-9-18)25-22(29)20(7-4-12-23-2)26-21(28)14-24-3;12-8-4-2-1-3-7-11-9(13)5-6-10(11)14;1-3-2;2-1-3/h6,8-11,20,23-24,27,30H,4-5,7,12-16H2,1-3H3,(H,25,29)(H,26,28);5-6,8H,1-4,7H2;3H2,1-2H3;1H,(H2,2,3)/b17-6+;;;. The minimum Gasteiger partial charge on any atom is -0.392 e. The zero-order valence-corrected chi connectivity index (χ0v) is 32.3. The Hall–Kier alpha value is -3.85. The van der Waals surface area contributed by atoms with Gasteiger partial charge in [0.2, 0.25) is 18.2 Å². The Labute approximate surface area is 310 Å². The van der Waals surface area contributed by atoms with Gasteiger partial charge in [-0.15, -0.1) is 0 Å². The molecule has 0 radical (unpaired) electrons. The third-order valence-electron chi connectivity index (χ3n) is 6.68. The first kappa shape index (κ1) is 50.3. The molecule has 1 aliphatic rings. The van der Waals surface area contributed by atoms with Gasteiger partial charge in [-0.1, -0.05) is 50.5 Å². The molecule has 0 saturated heterocycles. The number of carbonyl (C=O) groups is 6. The van der Waals surface area contributed by atoms with E-state index in [1.54, 1.807) is 19.2 Å². The highest BCUT2D eigenvalue weighted by Gasteiger charge is 2.22. The van der Waals surface area contributed by atoms with Gasteiger partial charge in [0.15, 0.2) is 8.38 Å². The molecule has 2 rings (SSSR count). The van der Waals surface area contributed by atoms with Crippen molar-refractivity contribution in [2.45, 2.75) is 84.8 Å². The fourth-order valence-corrected chi connectivity index (χ4v) is 4.87. The summed E-state index contributed by atoms with van der Waals surface area (Å²) in [7, 11) is 1.98. The number of allylic oxidation sites excluding steroid dienone is 1. The number of imide groups is 1. The maximum absolute atomic E-state index is 12.7. The predicted octanol–water partition coefficient (Wildman–Crippen LogP) is 2.67. The summed E-state index contributed by atoms with van der Waals surface area (Å²) in [6.07, 6.45) is 12.3. The number of aliphatic hydroxyl groups is 1. The maximum atomic E-state index is 12.7. The molecule has 2 unspecified atom stereocenters. The van der Waals surface area contributed by atoms with Crippen LogP contribution in [0.2, 0.25) is 0 Å². The van der Waals surface area contributed by atoms with Crippen molar-refractivity contribution in [1.29, 1.82) is 0 Å². The molecule has 0 spiro atoms. The van der Waals surface area contributed by atoms with Gasteiger partial charge in [0.1, 0.15) is 12.3 Å². The first-order chi connectivity index (χ1) is 25.0. The van der Waals surface area contributed by atoms with Gasteiger partial charge in [-0.3, -0.25) is 28.9 Å². The third kappa shape index (κ3) is 26.9. The topological polar surface area (TPSA) is 229 Å². The molecule has 0 fully saturated rings. The molecule has 0 aromatic heterocycles. The summed E-state index contributed by atoms with van der Waals surface area (Å²) in [5, 5.41) is 20.4. The fourth-order valence-electron chi connectivity index (χ4n) is 4.10. The first-order valence-electron chi connectivity index (χ1n) is 17.4. The monoisotopic (exact) mass is 752 g/mol. The van der Waals surface area contributed by atoms with Crippen LogP contribution in [0.25, 0.3) is 0 Å². The Morgan fingerprint density at radius 2 is 1.60 bits per heavy atom. The molecule has 2 atom stereocenters. The van der Waals surface area contributed by atoms with E-state index >= 15 is 0 Å².